The van der Waals surface area contributed by atoms with Gasteiger partial charge < -0.3 is 15.4 Å². The third-order valence-electron chi connectivity index (χ3n) is 4.52. The van der Waals surface area contributed by atoms with Crippen molar-refractivity contribution in [1.82, 2.24) is 10.6 Å². The maximum absolute atomic E-state index is 12.4. The van der Waals surface area contributed by atoms with Crippen LogP contribution in [0.1, 0.15) is 57.6 Å². The van der Waals surface area contributed by atoms with Gasteiger partial charge in [0.05, 0.1) is 0 Å². The highest BCUT2D eigenvalue weighted by atomic mass is 16.5. The van der Waals surface area contributed by atoms with Gasteiger partial charge in [0, 0.05) is 12.1 Å². The van der Waals surface area contributed by atoms with Crippen LogP contribution in [0.4, 0.5) is 0 Å². The van der Waals surface area contributed by atoms with Crippen LogP contribution in [0.25, 0.3) is 0 Å². The van der Waals surface area contributed by atoms with Crippen molar-refractivity contribution in [2.24, 2.45) is 0 Å². The summed E-state index contributed by atoms with van der Waals surface area (Å²) >= 11 is 0. The molecule has 1 aliphatic heterocycles. The van der Waals surface area contributed by atoms with E-state index in [1.165, 1.54) is 5.56 Å². The number of hydrogen-bond acceptors (Lipinski definition) is 3. The van der Waals surface area contributed by atoms with Crippen molar-refractivity contribution >= 4 is 5.91 Å². The molecule has 2 N–H and O–H groups in total. The van der Waals surface area contributed by atoms with Gasteiger partial charge in [0.2, 0.25) is 0 Å². The minimum atomic E-state index is -0.485. The summed E-state index contributed by atoms with van der Waals surface area (Å²) in [5.74, 6) is 1.22. The predicted molar refractivity (Wildman–Crippen MR) is 94.0 cm³/mol. The van der Waals surface area contributed by atoms with Gasteiger partial charge in [-0.1, -0.05) is 26.0 Å². The Morgan fingerprint density at radius 2 is 2.09 bits per heavy atom. The summed E-state index contributed by atoms with van der Waals surface area (Å²) < 4.78 is 5.94. The van der Waals surface area contributed by atoms with E-state index in [1.54, 1.807) is 0 Å². The van der Waals surface area contributed by atoms with E-state index in [1.807, 2.05) is 13.8 Å². The average molecular weight is 318 g/mol. The second kappa shape index (κ2) is 7.82. The fraction of sp³-hybridized carbons (Fsp3) is 0.632. The Morgan fingerprint density at radius 1 is 1.35 bits per heavy atom. The lowest BCUT2D eigenvalue weighted by atomic mass is 10.0. The first-order valence-corrected chi connectivity index (χ1v) is 8.67. The van der Waals surface area contributed by atoms with Gasteiger partial charge in [0.15, 0.2) is 6.10 Å². The van der Waals surface area contributed by atoms with E-state index in [0.29, 0.717) is 12.0 Å². The lowest BCUT2D eigenvalue weighted by Gasteiger charge is -2.29. The van der Waals surface area contributed by atoms with Crippen LogP contribution < -0.4 is 15.4 Å². The van der Waals surface area contributed by atoms with Gasteiger partial charge in [-0.25, -0.2) is 0 Å². The molecule has 0 bridgehead atoms. The third-order valence-corrected chi connectivity index (χ3v) is 4.52. The number of ether oxygens (including phenoxy) is 1. The van der Waals surface area contributed by atoms with Gasteiger partial charge >= 0.3 is 0 Å². The lowest BCUT2D eigenvalue weighted by molar-refractivity contribution is -0.128. The van der Waals surface area contributed by atoms with E-state index >= 15 is 0 Å². The van der Waals surface area contributed by atoms with Crippen molar-refractivity contribution < 1.29 is 9.53 Å². The quantitative estimate of drug-likeness (QED) is 0.877. The molecule has 1 aliphatic rings. The second-order valence-electron chi connectivity index (χ2n) is 7.02. The number of rotatable bonds is 5. The molecular weight excluding hydrogens is 288 g/mol. The molecule has 1 aromatic rings. The zero-order valence-electron chi connectivity index (χ0n) is 15.0. The van der Waals surface area contributed by atoms with Gasteiger partial charge in [-0.05, 0) is 63.3 Å². The molecule has 3 atom stereocenters. The molecule has 0 spiro atoms. The van der Waals surface area contributed by atoms with E-state index < -0.39 is 6.10 Å². The summed E-state index contributed by atoms with van der Waals surface area (Å²) in [6.45, 7) is 11.3. The van der Waals surface area contributed by atoms with Crippen molar-refractivity contribution in [3.63, 3.8) is 0 Å². The summed E-state index contributed by atoms with van der Waals surface area (Å²) in [5, 5.41) is 6.52. The molecule has 0 aliphatic carbocycles. The first kappa shape index (κ1) is 17.8. The highest BCUT2D eigenvalue weighted by molar-refractivity contribution is 5.81. The van der Waals surface area contributed by atoms with Crippen molar-refractivity contribution in [3.05, 3.63) is 29.3 Å². The Kier molecular flexibility index (Phi) is 6.05. The molecule has 1 amide bonds. The van der Waals surface area contributed by atoms with Crippen LogP contribution in [0.2, 0.25) is 0 Å². The van der Waals surface area contributed by atoms with Crippen LogP contribution in [0.5, 0.6) is 5.75 Å². The highest BCUT2D eigenvalue weighted by Gasteiger charge is 2.23. The Labute approximate surface area is 140 Å². The predicted octanol–water partition coefficient (Wildman–Crippen LogP) is 3.14. The van der Waals surface area contributed by atoms with Crippen molar-refractivity contribution in [2.45, 2.75) is 71.6 Å². The van der Waals surface area contributed by atoms with Crippen LogP contribution in [0.3, 0.4) is 0 Å². The van der Waals surface area contributed by atoms with E-state index in [2.05, 4.69) is 49.6 Å². The largest absolute Gasteiger partial charge is 0.481 e. The zero-order chi connectivity index (χ0) is 17.0. The van der Waals surface area contributed by atoms with E-state index in [4.69, 9.17) is 4.74 Å². The van der Waals surface area contributed by atoms with Gasteiger partial charge in [-0.15, -0.1) is 0 Å². The van der Waals surface area contributed by atoms with E-state index in [0.717, 1.165) is 30.7 Å². The number of amides is 1. The fourth-order valence-electron chi connectivity index (χ4n) is 2.93. The third kappa shape index (κ3) is 4.96. The number of nitrogens with one attached hydrogen (secondary N) is 2. The smallest absolute Gasteiger partial charge is 0.260 e. The molecule has 1 aromatic carbocycles. The Morgan fingerprint density at radius 3 is 2.74 bits per heavy atom. The summed E-state index contributed by atoms with van der Waals surface area (Å²) in [6.07, 6.45) is 1.46. The molecule has 2 rings (SSSR count). The molecule has 0 radical (unpaired) electrons. The van der Waals surface area contributed by atoms with Gasteiger partial charge in [0.1, 0.15) is 5.75 Å². The molecule has 0 aromatic heterocycles. The minimum absolute atomic E-state index is 0.0292. The maximum atomic E-state index is 12.4. The number of carbonyl (C=O) groups is 1. The van der Waals surface area contributed by atoms with Crippen molar-refractivity contribution in [1.29, 1.82) is 0 Å². The minimum Gasteiger partial charge on any atom is -0.481 e. The van der Waals surface area contributed by atoms with E-state index in [-0.39, 0.29) is 11.9 Å². The molecule has 3 unspecified atom stereocenters. The Hall–Kier alpha value is -1.55. The van der Waals surface area contributed by atoms with Crippen LogP contribution in [-0.2, 0) is 4.79 Å². The van der Waals surface area contributed by atoms with Crippen molar-refractivity contribution in [2.75, 3.05) is 6.54 Å². The molecule has 23 heavy (non-hydrogen) atoms. The summed E-state index contributed by atoms with van der Waals surface area (Å²) in [4.78, 5) is 12.4. The number of hydrogen-bond donors (Lipinski definition) is 2. The van der Waals surface area contributed by atoms with Crippen LogP contribution in [0.15, 0.2) is 18.2 Å². The summed E-state index contributed by atoms with van der Waals surface area (Å²) in [5.41, 5.74) is 2.29. The lowest BCUT2D eigenvalue weighted by Crippen LogP contribution is -2.49. The van der Waals surface area contributed by atoms with Crippen molar-refractivity contribution in [3.8, 4) is 5.75 Å². The first-order valence-electron chi connectivity index (χ1n) is 8.67. The van der Waals surface area contributed by atoms with Gasteiger partial charge in [-0.2, -0.15) is 0 Å². The van der Waals surface area contributed by atoms with Crippen LogP contribution in [-0.4, -0.2) is 30.6 Å². The molecule has 1 heterocycles. The zero-order valence-corrected chi connectivity index (χ0v) is 15.0. The maximum Gasteiger partial charge on any atom is 0.260 e. The first-order chi connectivity index (χ1) is 10.9. The molecule has 0 saturated carbocycles. The number of benzene rings is 1. The Bertz CT molecular complexity index is 542. The molecule has 128 valence electrons. The second-order valence-corrected chi connectivity index (χ2v) is 7.02. The highest BCUT2D eigenvalue weighted by Crippen LogP contribution is 2.25. The van der Waals surface area contributed by atoms with Crippen LogP contribution >= 0.6 is 0 Å². The average Bonchev–Trinajstić information content (AvgIpc) is 2.49. The van der Waals surface area contributed by atoms with E-state index in [9.17, 15) is 4.79 Å². The normalized spacial score (nSPS) is 22.7. The molecule has 4 heteroatoms. The topological polar surface area (TPSA) is 50.4 Å². The molecular formula is C19H30N2O2. The molecule has 1 saturated heterocycles. The number of carbonyl (C=O) groups excluding carboxylic acids is 1. The molecule has 1 fully saturated rings. The molecule has 4 nitrogen and oxygen atoms in total. The SMILES string of the molecule is Cc1ccc(C(C)C)cc1OC(C)C(=O)NC1CCNC(C)C1. The fourth-order valence-corrected chi connectivity index (χ4v) is 2.93. The van der Waals surface area contributed by atoms with Gasteiger partial charge in [-0.3, -0.25) is 4.79 Å². The Balaban J connectivity index is 1.96. The summed E-state index contributed by atoms with van der Waals surface area (Å²) in [6, 6.07) is 6.93. The number of aryl methyl sites for hydroxylation is 1. The van der Waals surface area contributed by atoms with Gasteiger partial charge in [0.25, 0.3) is 5.91 Å². The van der Waals surface area contributed by atoms with Crippen LogP contribution in [0, 0.1) is 6.92 Å². The summed E-state index contributed by atoms with van der Waals surface area (Å²) in [7, 11) is 0. The standard InChI is InChI=1S/C19H30N2O2/c1-12(2)16-7-6-13(3)18(11-16)23-15(5)19(22)21-17-8-9-20-14(4)10-17/h6-7,11-12,14-15,17,20H,8-10H2,1-5H3,(H,21,22). The number of piperidine rings is 1. The monoisotopic (exact) mass is 318 g/mol.